The maximum absolute atomic E-state index is 13.4. The van der Waals surface area contributed by atoms with Crippen LogP contribution in [0.3, 0.4) is 0 Å². The molecule has 0 atom stereocenters. The van der Waals surface area contributed by atoms with Gasteiger partial charge >= 0.3 is 0 Å². The first kappa shape index (κ1) is 17.3. The van der Waals surface area contributed by atoms with Gasteiger partial charge in [0.1, 0.15) is 12.4 Å². The highest BCUT2D eigenvalue weighted by molar-refractivity contribution is 5.75. The van der Waals surface area contributed by atoms with E-state index in [1.165, 1.54) is 16.4 Å². The molecule has 4 rings (SSSR count). The molecule has 0 spiro atoms. The largest absolute Gasteiger partial charge is 0.354 e. The van der Waals surface area contributed by atoms with Gasteiger partial charge in [0, 0.05) is 17.5 Å². The van der Waals surface area contributed by atoms with Crippen LogP contribution >= 0.6 is 0 Å². The molecule has 1 aliphatic rings. The number of halogens is 1. The molecule has 1 aliphatic carbocycles. The average molecular weight is 365 g/mol. The normalized spacial score (nSPS) is 14.7. The molecule has 0 bridgehead atoms. The summed E-state index contributed by atoms with van der Waals surface area (Å²) in [5, 5.41) is 15.1. The Morgan fingerprint density at radius 2 is 2.00 bits per heavy atom. The molecule has 0 unspecified atom stereocenters. The van der Waals surface area contributed by atoms with E-state index in [0.29, 0.717) is 23.5 Å². The molecule has 1 fully saturated rings. The van der Waals surface area contributed by atoms with Crippen molar-refractivity contribution in [3.63, 3.8) is 0 Å². The number of hydrogen-bond donors (Lipinski definition) is 1. The predicted octanol–water partition coefficient (Wildman–Crippen LogP) is 2.64. The van der Waals surface area contributed by atoms with Crippen LogP contribution in [0.2, 0.25) is 0 Å². The number of rotatable bonds is 6. The number of amides is 1. The van der Waals surface area contributed by atoms with E-state index in [2.05, 4.69) is 32.9 Å². The highest BCUT2D eigenvalue weighted by atomic mass is 19.1. The number of aromatic nitrogens is 4. The summed E-state index contributed by atoms with van der Waals surface area (Å²) < 4.78 is 13.4. The number of hydrogen-bond acceptors (Lipinski definition) is 4. The summed E-state index contributed by atoms with van der Waals surface area (Å²) in [6, 6.07) is 14.9. The monoisotopic (exact) mass is 365 g/mol. The summed E-state index contributed by atoms with van der Waals surface area (Å²) >= 11 is 0. The molecule has 7 heteroatoms. The Labute approximate surface area is 156 Å². The average Bonchev–Trinajstić information content (AvgIpc) is 3.34. The number of carbonyl (C=O) groups is 1. The Kier molecular flexibility index (Phi) is 4.43. The van der Waals surface area contributed by atoms with E-state index in [0.717, 1.165) is 12.8 Å². The molecule has 138 valence electrons. The van der Waals surface area contributed by atoms with Crippen LogP contribution in [-0.4, -0.2) is 32.7 Å². The molecule has 1 amide bonds. The molecule has 0 radical (unpaired) electrons. The summed E-state index contributed by atoms with van der Waals surface area (Å²) in [5.41, 5.74) is 2.50. The van der Waals surface area contributed by atoms with Crippen molar-refractivity contribution in [2.75, 3.05) is 6.54 Å². The zero-order valence-electron chi connectivity index (χ0n) is 15.0. The highest BCUT2D eigenvalue weighted by Crippen LogP contribution is 2.47. The fourth-order valence-electron chi connectivity index (χ4n) is 3.17. The number of benzene rings is 2. The summed E-state index contributed by atoms with van der Waals surface area (Å²) in [6.45, 7) is 2.28. The van der Waals surface area contributed by atoms with Gasteiger partial charge in [0.05, 0.1) is 0 Å². The minimum atomic E-state index is -0.280. The van der Waals surface area contributed by atoms with Gasteiger partial charge in [-0.2, -0.15) is 4.80 Å². The van der Waals surface area contributed by atoms with Crippen LogP contribution in [0.25, 0.3) is 11.4 Å². The summed E-state index contributed by atoms with van der Waals surface area (Å²) in [7, 11) is 0. The smallest absolute Gasteiger partial charge is 0.243 e. The van der Waals surface area contributed by atoms with Crippen LogP contribution in [0.5, 0.6) is 0 Å². The molecule has 0 saturated heterocycles. The molecule has 1 heterocycles. The maximum atomic E-state index is 13.4. The van der Waals surface area contributed by atoms with Crippen LogP contribution in [0.4, 0.5) is 4.39 Å². The lowest BCUT2D eigenvalue weighted by Crippen LogP contribution is -2.35. The van der Waals surface area contributed by atoms with E-state index in [9.17, 15) is 9.18 Å². The van der Waals surface area contributed by atoms with Crippen LogP contribution in [0.1, 0.15) is 24.0 Å². The molecule has 1 N–H and O–H groups in total. The van der Waals surface area contributed by atoms with Crippen molar-refractivity contribution >= 4 is 5.91 Å². The van der Waals surface area contributed by atoms with Gasteiger partial charge in [-0.15, -0.1) is 10.2 Å². The van der Waals surface area contributed by atoms with Crippen molar-refractivity contribution < 1.29 is 9.18 Å². The molecule has 1 aromatic heterocycles. The number of aryl methyl sites for hydroxylation is 1. The molecular weight excluding hydrogens is 345 g/mol. The second-order valence-corrected chi connectivity index (χ2v) is 7.03. The van der Waals surface area contributed by atoms with E-state index in [4.69, 9.17) is 0 Å². The molecule has 6 nitrogen and oxygen atoms in total. The minimum absolute atomic E-state index is 0.00194. The summed E-state index contributed by atoms with van der Waals surface area (Å²) in [5.74, 6) is -0.0665. The Morgan fingerprint density at radius 3 is 2.70 bits per heavy atom. The van der Waals surface area contributed by atoms with E-state index < -0.39 is 0 Å². The van der Waals surface area contributed by atoms with E-state index in [-0.39, 0.29) is 23.7 Å². The van der Waals surface area contributed by atoms with Crippen molar-refractivity contribution in [1.82, 2.24) is 25.5 Å². The van der Waals surface area contributed by atoms with E-state index >= 15 is 0 Å². The van der Waals surface area contributed by atoms with E-state index in [1.807, 2.05) is 18.2 Å². The lowest BCUT2D eigenvalue weighted by atomic mass is 9.96. The Bertz CT molecular complexity index is 966. The zero-order valence-corrected chi connectivity index (χ0v) is 15.0. The third-order valence-corrected chi connectivity index (χ3v) is 5.02. The van der Waals surface area contributed by atoms with Crippen LogP contribution in [-0.2, 0) is 16.8 Å². The number of nitrogens with one attached hydrogen (secondary N) is 1. The van der Waals surface area contributed by atoms with Crippen LogP contribution in [0, 0.1) is 12.7 Å². The van der Waals surface area contributed by atoms with E-state index in [1.54, 1.807) is 19.1 Å². The van der Waals surface area contributed by atoms with Crippen LogP contribution in [0.15, 0.2) is 48.5 Å². The third-order valence-electron chi connectivity index (χ3n) is 5.02. The first-order chi connectivity index (χ1) is 13.1. The summed E-state index contributed by atoms with van der Waals surface area (Å²) in [4.78, 5) is 13.5. The number of tetrazole rings is 1. The predicted molar refractivity (Wildman–Crippen MR) is 98.3 cm³/mol. The molecular formula is C20H20FN5O. The first-order valence-electron chi connectivity index (χ1n) is 8.92. The second kappa shape index (κ2) is 6.90. The first-order valence-corrected chi connectivity index (χ1v) is 8.92. The third kappa shape index (κ3) is 3.72. The molecule has 3 aromatic rings. The Morgan fingerprint density at radius 1 is 1.22 bits per heavy atom. The minimum Gasteiger partial charge on any atom is -0.354 e. The van der Waals surface area contributed by atoms with Crippen molar-refractivity contribution in [2.45, 2.75) is 31.7 Å². The fraction of sp³-hybridized carbons (Fsp3) is 0.300. The lowest BCUT2D eigenvalue weighted by molar-refractivity contribution is -0.122. The van der Waals surface area contributed by atoms with Crippen molar-refractivity contribution in [1.29, 1.82) is 0 Å². The van der Waals surface area contributed by atoms with Gasteiger partial charge in [0.25, 0.3) is 0 Å². The summed E-state index contributed by atoms with van der Waals surface area (Å²) in [6.07, 6.45) is 2.15. The highest BCUT2D eigenvalue weighted by Gasteiger charge is 2.44. The van der Waals surface area contributed by atoms with Gasteiger partial charge in [-0.05, 0) is 54.3 Å². The number of carbonyl (C=O) groups excluding carboxylic acids is 1. The van der Waals surface area contributed by atoms with Crippen LogP contribution < -0.4 is 5.32 Å². The topological polar surface area (TPSA) is 72.7 Å². The van der Waals surface area contributed by atoms with Crippen molar-refractivity contribution in [3.05, 3.63) is 65.5 Å². The molecule has 0 aliphatic heterocycles. The van der Waals surface area contributed by atoms with Gasteiger partial charge in [0.2, 0.25) is 11.7 Å². The second-order valence-electron chi connectivity index (χ2n) is 7.03. The molecule has 27 heavy (non-hydrogen) atoms. The molecule has 2 aromatic carbocycles. The standard InChI is InChI=1S/C20H20FN5O/c1-14-11-15(7-8-17(14)21)19-23-25-26(24-19)12-18(27)22-13-20(9-10-20)16-5-3-2-4-6-16/h2-8,11H,9-10,12-13H2,1H3,(H,22,27). The maximum Gasteiger partial charge on any atom is 0.243 e. The van der Waals surface area contributed by atoms with Gasteiger partial charge in [-0.3, -0.25) is 4.79 Å². The van der Waals surface area contributed by atoms with Gasteiger partial charge in [0.15, 0.2) is 0 Å². The Hall–Kier alpha value is -3.09. The zero-order chi connectivity index (χ0) is 18.9. The van der Waals surface area contributed by atoms with Gasteiger partial charge in [-0.1, -0.05) is 30.3 Å². The lowest BCUT2D eigenvalue weighted by Gasteiger charge is -2.16. The fourth-order valence-corrected chi connectivity index (χ4v) is 3.17. The number of nitrogens with zero attached hydrogens (tertiary/aromatic N) is 4. The Balaban J connectivity index is 1.36. The van der Waals surface area contributed by atoms with Crippen molar-refractivity contribution in [2.24, 2.45) is 0 Å². The van der Waals surface area contributed by atoms with Gasteiger partial charge < -0.3 is 5.32 Å². The van der Waals surface area contributed by atoms with Gasteiger partial charge in [-0.25, -0.2) is 4.39 Å². The quantitative estimate of drug-likeness (QED) is 0.729. The molecule has 1 saturated carbocycles. The van der Waals surface area contributed by atoms with Crippen molar-refractivity contribution in [3.8, 4) is 11.4 Å². The SMILES string of the molecule is Cc1cc(-c2nnn(CC(=O)NCC3(c4ccccc4)CC3)n2)ccc1F.